The number of hydrogen-bond donors (Lipinski definition) is 2. The molecule has 1 saturated carbocycles. The number of carbonyl (C=O) groups is 2. The smallest absolute Gasteiger partial charge is 0.259 e. The first-order valence-electron chi connectivity index (χ1n) is 12.1. The molecule has 4 aromatic rings. The summed E-state index contributed by atoms with van der Waals surface area (Å²) >= 11 is 2.24. The molecule has 1 aromatic heterocycles. The Balaban J connectivity index is 1.64. The van der Waals surface area contributed by atoms with E-state index in [-0.39, 0.29) is 17.9 Å². The van der Waals surface area contributed by atoms with Gasteiger partial charge in [0.1, 0.15) is 0 Å². The third-order valence-corrected chi connectivity index (χ3v) is 7.57. The van der Waals surface area contributed by atoms with Crippen LogP contribution in [0.5, 0.6) is 0 Å². The number of fused-ring (bicyclic) bond motifs is 1. The summed E-state index contributed by atoms with van der Waals surface area (Å²) in [7, 11) is 0. The van der Waals surface area contributed by atoms with E-state index in [1.807, 2.05) is 72.8 Å². The molecule has 0 radical (unpaired) electrons. The maximum Gasteiger partial charge on any atom is 0.259 e. The third-order valence-electron chi connectivity index (χ3n) is 6.66. The largest absolute Gasteiger partial charge is 0.356 e. The molecule has 0 bridgehead atoms. The molecule has 1 unspecified atom stereocenters. The van der Waals surface area contributed by atoms with E-state index in [1.165, 1.54) is 6.42 Å². The van der Waals surface area contributed by atoms with Crippen LogP contribution < -0.4 is 10.2 Å². The van der Waals surface area contributed by atoms with Crippen LogP contribution in [0.2, 0.25) is 0 Å². The van der Waals surface area contributed by atoms with Gasteiger partial charge in [-0.1, -0.05) is 67.8 Å². The number of rotatable bonds is 6. The molecule has 3 aromatic carbocycles. The number of aromatic amines is 1. The van der Waals surface area contributed by atoms with Crippen molar-refractivity contribution in [3.05, 3.63) is 99.8 Å². The number of nitrogens with one attached hydrogen (secondary N) is 2. The number of H-pyrrole nitrogens is 1. The Labute approximate surface area is 219 Å². The van der Waals surface area contributed by atoms with Gasteiger partial charge in [-0.05, 0) is 77.2 Å². The lowest BCUT2D eigenvalue weighted by molar-refractivity contribution is -0.123. The predicted octanol–water partition coefficient (Wildman–Crippen LogP) is 6.61. The second-order valence-electron chi connectivity index (χ2n) is 9.05. The number of aromatic nitrogens is 1. The van der Waals surface area contributed by atoms with Crippen molar-refractivity contribution < 1.29 is 9.59 Å². The normalized spacial score (nSPS) is 15.0. The van der Waals surface area contributed by atoms with Gasteiger partial charge >= 0.3 is 0 Å². The number of halogens is 1. The molecule has 0 aliphatic heterocycles. The molecule has 1 heterocycles. The molecule has 0 spiro atoms. The highest BCUT2D eigenvalue weighted by Crippen LogP contribution is 2.34. The summed E-state index contributed by atoms with van der Waals surface area (Å²) < 4.78 is 0.904. The van der Waals surface area contributed by atoms with Gasteiger partial charge < -0.3 is 10.3 Å². The fraction of sp³-hybridized carbons (Fsp3) is 0.241. The Kier molecular flexibility index (Phi) is 7.18. The zero-order valence-electron chi connectivity index (χ0n) is 19.4. The molecule has 35 heavy (non-hydrogen) atoms. The lowest BCUT2D eigenvalue weighted by Gasteiger charge is -2.33. The minimum absolute atomic E-state index is 0.131. The number of anilines is 1. The summed E-state index contributed by atoms with van der Waals surface area (Å²) in [6.07, 6.45) is 5.39. The van der Waals surface area contributed by atoms with Gasteiger partial charge in [-0.3, -0.25) is 14.5 Å². The maximum absolute atomic E-state index is 14.1. The Morgan fingerprint density at radius 3 is 2.31 bits per heavy atom. The molecule has 1 fully saturated rings. The summed E-state index contributed by atoms with van der Waals surface area (Å²) in [6, 6.07) is 26.1. The van der Waals surface area contributed by atoms with Crippen molar-refractivity contribution in [2.75, 3.05) is 4.90 Å². The number of hydrogen-bond acceptors (Lipinski definition) is 2. The van der Waals surface area contributed by atoms with Crippen molar-refractivity contribution in [2.24, 2.45) is 0 Å². The fourth-order valence-corrected chi connectivity index (χ4v) is 5.55. The molecule has 1 atom stereocenters. The van der Waals surface area contributed by atoms with Gasteiger partial charge in [0.15, 0.2) is 6.04 Å². The molecule has 2 amide bonds. The van der Waals surface area contributed by atoms with Crippen LogP contribution in [0.1, 0.15) is 54.2 Å². The zero-order chi connectivity index (χ0) is 24.2. The topological polar surface area (TPSA) is 65.2 Å². The zero-order valence-corrected chi connectivity index (χ0v) is 21.6. The van der Waals surface area contributed by atoms with E-state index in [9.17, 15) is 9.59 Å². The number of amides is 2. The van der Waals surface area contributed by atoms with Gasteiger partial charge in [-0.2, -0.15) is 0 Å². The SMILES string of the molecule is O=C(NC1CCCCC1)C(c1cc2ccccc2[nH]1)N(C(=O)c1ccccc1)c1ccccc1I. The second kappa shape index (κ2) is 10.6. The monoisotopic (exact) mass is 577 g/mol. The summed E-state index contributed by atoms with van der Waals surface area (Å²) in [5.74, 6) is -0.371. The minimum Gasteiger partial charge on any atom is -0.356 e. The summed E-state index contributed by atoms with van der Waals surface area (Å²) in [4.78, 5) is 33.2. The molecule has 5 nitrogen and oxygen atoms in total. The van der Waals surface area contributed by atoms with E-state index < -0.39 is 6.04 Å². The number of para-hydroxylation sites is 2. The van der Waals surface area contributed by atoms with Gasteiger partial charge in [0.2, 0.25) is 5.91 Å². The van der Waals surface area contributed by atoms with E-state index >= 15 is 0 Å². The van der Waals surface area contributed by atoms with E-state index in [4.69, 9.17) is 0 Å². The van der Waals surface area contributed by atoms with Crippen LogP contribution in [-0.4, -0.2) is 22.8 Å². The average molecular weight is 577 g/mol. The van der Waals surface area contributed by atoms with Crippen LogP contribution in [-0.2, 0) is 4.79 Å². The molecule has 0 saturated heterocycles. The summed E-state index contributed by atoms with van der Waals surface area (Å²) in [5.41, 5.74) is 2.89. The van der Waals surface area contributed by atoms with Crippen molar-refractivity contribution in [3.63, 3.8) is 0 Å². The van der Waals surface area contributed by atoms with Crippen LogP contribution in [0.15, 0.2) is 84.9 Å². The first kappa shape index (κ1) is 23.6. The average Bonchev–Trinajstić information content (AvgIpc) is 3.32. The van der Waals surface area contributed by atoms with E-state index in [1.54, 1.807) is 17.0 Å². The summed E-state index contributed by atoms with van der Waals surface area (Å²) in [6.45, 7) is 0. The van der Waals surface area contributed by atoms with Gasteiger partial charge in [-0.15, -0.1) is 0 Å². The maximum atomic E-state index is 14.1. The van der Waals surface area contributed by atoms with Crippen molar-refractivity contribution in [1.29, 1.82) is 0 Å². The summed E-state index contributed by atoms with van der Waals surface area (Å²) in [5, 5.41) is 4.29. The minimum atomic E-state index is -0.840. The highest BCUT2D eigenvalue weighted by molar-refractivity contribution is 14.1. The first-order chi connectivity index (χ1) is 17.1. The number of benzene rings is 3. The van der Waals surface area contributed by atoms with E-state index in [2.05, 4.69) is 32.9 Å². The lowest BCUT2D eigenvalue weighted by Crippen LogP contribution is -2.47. The molecule has 1 aliphatic carbocycles. The van der Waals surface area contributed by atoms with Gasteiger partial charge in [0, 0.05) is 26.4 Å². The molecular formula is C29H28IN3O2. The van der Waals surface area contributed by atoms with Crippen LogP contribution in [0.4, 0.5) is 5.69 Å². The highest BCUT2D eigenvalue weighted by Gasteiger charge is 2.36. The number of carbonyl (C=O) groups excluding carboxylic acids is 2. The fourth-order valence-electron chi connectivity index (χ4n) is 4.90. The Morgan fingerprint density at radius 2 is 1.57 bits per heavy atom. The van der Waals surface area contributed by atoms with Crippen LogP contribution in [0, 0.1) is 3.57 Å². The Hall–Kier alpha value is -3.13. The molecule has 178 valence electrons. The third kappa shape index (κ3) is 5.12. The lowest BCUT2D eigenvalue weighted by atomic mass is 9.95. The van der Waals surface area contributed by atoms with Crippen molar-refractivity contribution in [3.8, 4) is 0 Å². The van der Waals surface area contributed by atoms with E-state index in [0.29, 0.717) is 16.9 Å². The second-order valence-corrected chi connectivity index (χ2v) is 10.2. The molecule has 2 N–H and O–H groups in total. The van der Waals surface area contributed by atoms with Crippen molar-refractivity contribution >= 4 is 51.0 Å². The first-order valence-corrected chi connectivity index (χ1v) is 13.2. The van der Waals surface area contributed by atoms with Crippen LogP contribution in [0.25, 0.3) is 10.9 Å². The Morgan fingerprint density at radius 1 is 0.886 bits per heavy atom. The predicted molar refractivity (Wildman–Crippen MR) is 148 cm³/mol. The molecule has 5 rings (SSSR count). The van der Waals surface area contributed by atoms with Gasteiger partial charge in [0.05, 0.1) is 5.69 Å². The molecular weight excluding hydrogens is 549 g/mol. The van der Waals surface area contributed by atoms with E-state index in [0.717, 1.165) is 40.2 Å². The van der Waals surface area contributed by atoms with Crippen molar-refractivity contribution in [1.82, 2.24) is 10.3 Å². The standard InChI is InChI=1S/C29H28IN3O2/c30-23-16-8-10-18-26(23)33(29(35)20-11-3-1-4-12-20)27(28(34)31-22-14-5-2-6-15-22)25-19-21-13-7-9-17-24(21)32-25/h1,3-4,7-13,16-19,22,27,32H,2,5-6,14-15H2,(H,31,34). The Bertz CT molecular complexity index is 1300. The van der Waals surface area contributed by atoms with Crippen LogP contribution >= 0.6 is 22.6 Å². The van der Waals surface area contributed by atoms with Gasteiger partial charge in [-0.25, -0.2) is 0 Å². The van der Waals surface area contributed by atoms with Gasteiger partial charge in [0.25, 0.3) is 5.91 Å². The van der Waals surface area contributed by atoms with Crippen LogP contribution in [0.3, 0.4) is 0 Å². The van der Waals surface area contributed by atoms with Crippen molar-refractivity contribution in [2.45, 2.75) is 44.2 Å². The molecule has 1 aliphatic rings. The number of nitrogens with zero attached hydrogens (tertiary/aromatic N) is 1. The quantitative estimate of drug-likeness (QED) is 0.254. The molecule has 6 heteroatoms. The highest BCUT2D eigenvalue weighted by atomic mass is 127.